The fourth-order valence-corrected chi connectivity index (χ4v) is 2.73. The summed E-state index contributed by atoms with van der Waals surface area (Å²) < 4.78 is 200. The van der Waals surface area contributed by atoms with E-state index in [0.29, 0.717) is 6.07 Å². The SMILES string of the molecule is FC(F)(F)C(F)(F)C(F)(F)C(F)(F)C(F)(F)C(F)(F)C(F)(F)C1=NCCc2ccccc21. The Morgan fingerprint density at radius 2 is 1.00 bits per heavy atom. The van der Waals surface area contributed by atoms with Crippen molar-refractivity contribution in [3.05, 3.63) is 35.4 Å². The van der Waals surface area contributed by atoms with Crippen LogP contribution in [0.25, 0.3) is 0 Å². The number of halogens is 15. The van der Waals surface area contributed by atoms with Crippen molar-refractivity contribution in [3.63, 3.8) is 0 Å². The molecule has 0 fully saturated rings. The van der Waals surface area contributed by atoms with Crippen LogP contribution in [0.5, 0.6) is 0 Å². The highest BCUT2D eigenvalue weighted by molar-refractivity contribution is 6.08. The lowest BCUT2D eigenvalue weighted by atomic mass is 9.86. The zero-order chi connectivity index (χ0) is 25.2. The van der Waals surface area contributed by atoms with Gasteiger partial charge in [0, 0.05) is 12.1 Å². The first kappa shape index (κ1) is 26.1. The van der Waals surface area contributed by atoms with Gasteiger partial charge in [-0.15, -0.1) is 0 Å². The molecule has 0 unspecified atom stereocenters. The molecule has 0 N–H and O–H groups in total. The molecule has 1 aromatic rings. The van der Waals surface area contributed by atoms with E-state index in [-0.39, 0.29) is 12.0 Å². The second kappa shape index (κ2) is 7.17. The Bertz CT molecular complexity index is 897. The van der Waals surface area contributed by atoms with Gasteiger partial charge in [0.25, 0.3) is 0 Å². The summed E-state index contributed by atoms with van der Waals surface area (Å²) in [6, 6.07) is 3.75. The van der Waals surface area contributed by atoms with Gasteiger partial charge < -0.3 is 0 Å². The van der Waals surface area contributed by atoms with E-state index >= 15 is 0 Å². The van der Waals surface area contributed by atoms with Crippen LogP contribution in [0, 0.1) is 0 Å². The third-order valence-electron chi connectivity index (χ3n) is 4.55. The van der Waals surface area contributed by atoms with Gasteiger partial charge in [-0.3, -0.25) is 4.99 Å². The van der Waals surface area contributed by atoms with Crippen LogP contribution in [-0.4, -0.2) is 54.0 Å². The van der Waals surface area contributed by atoms with Crippen molar-refractivity contribution in [1.29, 1.82) is 0 Å². The minimum Gasteiger partial charge on any atom is -0.282 e. The number of alkyl halides is 15. The molecule has 0 aromatic heterocycles. The van der Waals surface area contributed by atoms with Crippen LogP contribution in [-0.2, 0) is 6.42 Å². The smallest absolute Gasteiger partial charge is 0.282 e. The van der Waals surface area contributed by atoms with Gasteiger partial charge in [-0.05, 0) is 12.0 Å². The van der Waals surface area contributed by atoms with Crippen LogP contribution in [0.2, 0.25) is 0 Å². The number of hydrogen-bond donors (Lipinski definition) is 0. The van der Waals surface area contributed by atoms with Crippen LogP contribution < -0.4 is 0 Å². The maximum atomic E-state index is 14.4. The quantitative estimate of drug-likeness (QED) is 0.402. The zero-order valence-electron chi connectivity index (χ0n) is 14.8. The normalized spacial score (nSPS) is 17.2. The van der Waals surface area contributed by atoms with Crippen LogP contribution in [0.3, 0.4) is 0 Å². The molecule has 32 heavy (non-hydrogen) atoms. The van der Waals surface area contributed by atoms with Crippen molar-refractivity contribution in [2.75, 3.05) is 6.54 Å². The highest BCUT2D eigenvalue weighted by Gasteiger charge is 2.93. The highest BCUT2D eigenvalue weighted by Crippen LogP contribution is 2.62. The van der Waals surface area contributed by atoms with Crippen molar-refractivity contribution in [3.8, 4) is 0 Å². The van der Waals surface area contributed by atoms with Gasteiger partial charge in [-0.1, -0.05) is 24.3 Å². The number of aliphatic imine (C=N–C) groups is 1. The minimum atomic E-state index is -8.30. The van der Waals surface area contributed by atoms with E-state index in [1.54, 1.807) is 0 Å². The predicted molar refractivity (Wildman–Crippen MR) is 77.3 cm³/mol. The van der Waals surface area contributed by atoms with Crippen molar-refractivity contribution in [1.82, 2.24) is 0 Å². The van der Waals surface area contributed by atoms with E-state index in [2.05, 4.69) is 4.99 Å². The lowest BCUT2D eigenvalue weighted by molar-refractivity contribution is -0.448. The topological polar surface area (TPSA) is 12.4 Å². The van der Waals surface area contributed by atoms with Crippen molar-refractivity contribution < 1.29 is 65.9 Å². The summed E-state index contributed by atoms with van der Waals surface area (Å²) in [6.07, 6.45) is -7.83. The molecule has 1 nitrogen and oxygen atoms in total. The fourth-order valence-electron chi connectivity index (χ4n) is 2.73. The van der Waals surface area contributed by atoms with E-state index in [9.17, 15) is 65.9 Å². The van der Waals surface area contributed by atoms with Gasteiger partial charge in [0.05, 0.1) is 0 Å². The van der Waals surface area contributed by atoms with Gasteiger partial charge in [0.15, 0.2) is 0 Å². The molecule has 0 atom stereocenters. The number of hydrogen-bond acceptors (Lipinski definition) is 1. The standard InChI is InChI=1S/C16H8F15N/c17-10(18,9-8-4-2-1-3-7(8)5-6-32-9)11(19,20)12(21,22)13(23,24)14(25,26)15(27,28)16(29,30)31/h1-4H,5-6H2. The molecule has 0 spiro atoms. The number of fused-ring (bicyclic) bond motifs is 1. The van der Waals surface area contributed by atoms with Crippen molar-refractivity contribution in [2.24, 2.45) is 4.99 Å². The van der Waals surface area contributed by atoms with Crippen molar-refractivity contribution in [2.45, 2.75) is 48.1 Å². The van der Waals surface area contributed by atoms with Gasteiger partial charge in [0.2, 0.25) is 0 Å². The van der Waals surface area contributed by atoms with E-state index in [0.717, 1.165) is 12.1 Å². The number of benzene rings is 1. The molecule has 182 valence electrons. The Balaban J connectivity index is 2.64. The van der Waals surface area contributed by atoms with Crippen molar-refractivity contribution >= 4 is 5.71 Å². The van der Waals surface area contributed by atoms with Gasteiger partial charge >= 0.3 is 41.7 Å². The predicted octanol–water partition coefficient (Wildman–Crippen LogP) is 6.41. The largest absolute Gasteiger partial charge is 0.460 e. The molecule has 0 saturated carbocycles. The molecule has 1 aliphatic rings. The minimum absolute atomic E-state index is 0.205. The van der Waals surface area contributed by atoms with E-state index in [4.69, 9.17) is 0 Å². The molecular weight excluding hydrogens is 491 g/mol. The molecule has 2 rings (SSSR count). The third-order valence-corrected chi connectivity index (χ3v) is 4.55. The second-order valence-electron chi connectivity index (χ2n) is 6.58. The molecule has 0 saturated heterocycles. The third kappa shape index (κ3) is 3.23. The first-order valence-corrected chi connectivity index (χ1v) is 8.06. The van der Waals surface area contributed by atoms with Crippen LogP contribution >= 0.6 is 0 Å². The molecule has 1 aromatic carbocycles. The molecule has 1 aliphatic heterocycles. The molecule has 0 radical (unpaired) electrons. The maximum Gasteiger partial charge on any atom is 0.460 e. The summed E-state index contributed by atoms with van der Waals surface area (Å²) in [6.45, 7) is -0.762. The number of rotatable bonds is 6. The summed E-state index contributed by atoms with van der Waals surface area (Å²) in [5.74, 6) is -46.8. The van der Waals surface area contributed by atoms with Gasteiger partial charge in [-0.2, -0.15) is 65.9 Å². The molecule has 0 bridgehead atoms. The van der Waals surface area contributed by atoms with E-state index < -0.39 is 59.5 Å². The summed E-state index contributed by atoms with van der Waals surface area (Å²) in [5.41, 5.74) is -3.43. The van der Waals surface area contributed by atoms with Gasteiger partial charge in [-0.25, -0.2) is 0 Å². The second-order valence-corrected chi connectivity index (χ2v) is 6.58. The summed E-state index contributed by atoms with van der Waals surface area (Å²) in [7, 11) is 0. The van der Waals surface area contributed by atoms with Crippen LogP contribution in [0.15, 0.2) is 29.3 Å². The Morgan fingerprint density at radius 3 is 1.50 bits per heavy atom. The Kier molecular flexibility index (Phi) is 5.85. The molecule has 16 heteroatoms. The first-order valence-electron chi connectivity index (χ1n) is 8.06. The Morgan fingerprint density at radius 1 is 0.562 bits per heavy atom. The Hall–Kier alpha value is -2.16. The monoisotopic (exact) mass is 499 g/mol. The van der Waals surface area contributed by atoms with E-state index in [1.807, 2.05) is 0 Å². The average molecular weight is 499 g/mol. The molecule has 0 amide bonds. The Labute approximate surface area is 167 Å². The molecule has 1 heterocycles. The lowest BCUT2D eigenvalue weighted by Gasteiger charge is -2.42. The fraction of sp³-hybridized carbons (Fsp3) is 0.562. The van der Waals surface area contributed by atoms with E-state index in [1.165, 1.54) is 6.07 Å². The highest BCUT2D eigenvalue weighted by atomic mass is 19.4. The maximum absolute atomic E-state index is 14.4. The summed E-state index contributed by atoms with van der Waals surface area (Å²) in [5, 5.41) is 0. The first-order chi connectivity index (χ1) is 14.1. The average Bonchev–Trinajstić information content (AvgIpc) is 2.65. The number of nitrogens with zero attached hydrogens (tertiary/aromatic N) is 1. The lowest BCUT2D eigenvalue weighted by Crippen LogP contribution is -2.73. The zero-order valence-corrected chi connectivity index (χ0v) is 14.8. The molecule has 0 aliphatic carbocycles. The summed E-state index contributed by atoms with van der Waals surface area (Å²) >= 11 is 0. The molecular formula is C16H8F15N. The van der Waals surface area contributed by atoms with Crippen LogP contribution in [0.1, 0.15) is 11.1 Å². The van der Waals surface area contributed by atoms with Crippen LogP contribution in [0.4, 0.5) is 65.9 Å². The van der Waals surface area contributed by atoms with Gasteiger partial charge in [0.1, 0.15) is 5.71 Å². The summed E-state index contributed by atoms with van der Waals surface area (Å²) in [4.78, 5) is 2.85.